The van der Waals surface area contributed by atoms with Crippen LogP contribution in [0, 0.1) is 0 Å². The molecule has 0 spiro atoms. The minimum atomic E-state index is -2.92. The smallest absolute Gasteiger partial charge is 0.115 e. The number of aliphatic hydroxyl groups excluding tert-OH is 3. The molecule has 0 aliphatic heterocycles. The largest absolute Gasteiger partial charge is 0.508 e. The summed E-state index contributed by atoms with van der Waals surface area (Å²) in [6.45, 7) is -43.8. The number of rotatable bonds is 33. The van der Waals surface area contributed by atoms with Gasteiger partial charge in [-0.2, -0.15) is 0 Å². The first-order chi connectivity index (χ1) is 81.2. The van der Waals surface area contributed by atoms with E-state index < -0.39 is 195 Å². The molecule has 0 heterocycles. The third kappa shape index (κ3) is 53.0. The van der Waals surface area contributed by atoms with Gasteiger partial charge in [-0.25, -0.2) is 0 Å². The van der Waals surface area contributed by atoms with Crippen LogP contribution in [-0.4, -0.2) is 261 Å². The summed E-state index contributed by atoms with van der Waals surface area (Å²) in [6, 6.07) is 58.5. The third-order valence-corrected chi connectivity index (χ3v) is 15.3. The Hall–Kier alpha value is -11.7. The van der Waals surface area contributed by atoms with Gasteiger partial charge in [-0.15, -0.1) is 0 Å². The molecule has 33 nitrogen and oxygen atoms in total. The van der Waals surface area contributed by atoms with Crippen LogP contribution in [0.5, 0.6) is 63.2 Å². The number of benzene rings is 11. The first-order valence-electron chi connectivity index (χ1n) is 62.1. The van der Waals surface area contributed by atoms with Crippen LogP contribution in [0.4, 0.5) is 0 Å². The Kier molecular flexibility index (Phi) is 32.2. The minimum absolute atomic E-state index is 0.0122. The van der Waals surface area contributed by atoms with Crippen LogP contribution in [0.2, 0.25) is 0 Å². The number of aromatic hydroxyl groups is 11. The number of nitrogens with one attached hydrogen (secondary N) is 11. The standard InChI is InChI=1S/11C9H13NO2/c11*1-10-6-9(12)7-3-2-4-8(11)5-7/h11*2-5,9-12H,6H2,1H3/t7*9-;;;;/m1111000..../s1/i1D3,6D2,9D;1D3,9D;1D3,6D2;9D;1D3,6D2,9D;1D3,9D;1D3,6D2;1D3,6D2,9D;6D2,9D;1D3,9D;1D3,6D2. The van der Waals surface area contributed by atoms with E-state index in [0.29, 0.717) is 5.56 Å². The lowest BCUT2D eigenvalue weighted by atomic mass is 10.1. The van der Waals surface area contributed by atoms with Gasteiger partial charge in [0, 0.05) is 128 Å². The predicted octanol–water partition coefficient (Wildman–Crippen LogP) is 7.10. The number of likely N-dealkylation sites (N-methyl/N-ethyl adjacent to an activating group) is 11. The van der Waals surface area contributed by atoms with Crippen molar-refractivity contribution in [3.8, 4) is 63.2 Å². The number of phenolic OH excluding ortho intramolecular Hbond substituents is 11. The predicted molar refractivity (Wildman–Crippen MR) is 517 cm³/mol. The van der Waals surface area contributed by atoms with Gasteiger partial charge >= 0.3 is 0 Å². The second kappa shape index (κ2) is 71.1. The monoisotopic (exact) mass is 1890 g/mol. The van der Waals surface area contributed by atoms with E-state index in [9.17, 15) is 107 Å². The maximum atomic E-state index is 9.87. The van der Waals surface area contributed by atoms with Crippen molar-refractivity contribution in [2.45, 2.75) is 67.0 Å². The molecule has 0 amide bonds. The van der Waals surface area contributed by atoms with Crippen molar-refractivity contribution in [2.24, 2.45) is 0 Å². The molecular weight excluding hydrogens is 1700 g/mol. The SMILES string of the molecule is [2H]C([2H])(NC)C([2H])(O)c1cccc(O)c1.[2H]C([2H])([2H])NC([2H])([2H])C(O)c1cccc(O)c1.[2H]C([2H])([2H])NC([2H])([2H])C([2H])(O)c1cccc(O)c1.[2H]C([2H])([2H])NC([2H])([2H])[C@@H](O)c1cccc(O)c1.[2H]C([2H])([2H])NC([2H])([2H])[C@@]([2H])(O)c1cccc(O)c1.[2H]C([2H])([2H])NC([2H])([2H])[C@H](O)c1cccc(O)c1.[2H]C([2H])([2H])NC([2H])([2H])[C@]([2H])(O)c1cccc(O)c1.[2H]C([2H])([2H])NCC([2H])(O)c1cccc(O)c1.[2H]C([2H])([2H])NC[C@@]([2H])(O)c1cccc(O)c1.[2H]C([2H])([2H])NC[C@]([2H])(O)c1cccc(O)c1.[2H][C@@](O)(CNC)c1cccc(O)c1. The molecule has 0 radical (unpaired) electrons. The lowest BCUT2D eigenvalue weighted by Crippen LogP contribution is -2.16. The van der Waals surface area contributed by atoms with Gasteiger partial charge in [0.05, 0.1) is 77.9 Å². The molecule has 33 heteroatoms. The summed E-state index contributed by atoms with van der Waals surface area (Å²) in [5, 5.41) is 229. The third-order valence-electron chi connectivity index (χ3n) is 15.3. The highest BCUT2D eigenvalue weighted by atomic mass is 16.3. The lowest BCUT2D eigenvalue weighted by molar-refractivity contribution is 0.177. The van der Waals surface area contributed by atoms with Gasteiger partial charge in [-0.3, -0.25) is 0 Å². The molecule has 0 saturated carbocycles. The van der Waals surface area contributed by atoms with E-state index >= 15 is 0 Å². The summed E-state index contributed by atoms with van der Waals surface area (Å²) in [5.74, 6) is -1.51. The van der Waals surface area contributed by atoms with E-state index in [1.54, 1.807) is 51.1 Å². The van der Waals surface area contributed by atoms with Crippen molar-refractivity contribution in [3.63, 3.8) is 0 Å². The zero-order chi connectivity index (χ0) is 141. The highest BCUT2D eigenvalue weighted by molar-refractivity contribution is 5.37. The van der Waals surface area contributed by atoms with Crippen LogP contribution in [-0.2, 0) is 0 Å². The van der Waals surface area contributed by atoms with Gasteiger partial charge in [-0.1, -0.05) is 133 Å². The number of hydrogen-bond acceptors (Lipinski definition) is 33. The molecule has 0 aromatic heterocycles. The molecule has 11 rings (SSSR count). The molecule has 11 aromatic carbocycles. The Morgan fingerprint density at radius 2 is 0.326 bits per heavy atom. The highest BCUT2D eigenvalue weighted by Gasteiger charge is 2.14. The molecule has 11 atom stereocenters. The molecule has 0 bridgehead atoms. The molecular formula is C99H143N11O22. The van der Waals surface area contributed by atoms with Gasteiger partial charge in [0.2, 0.25) is 0 Å². The van der Waals surface area contributed by atoms with Gasteiger partial charge < -0.3 is 171 Å². The summed E-state index contributed by atoms with van der Waals surface area (Å²) in [7, 11) is 2.96. The fraction of sp³-hybridized carbons (Fsp3) is 0.333. The summed E-state index contributed by atoms with van der Waals surface area (Å²) >= 11 is 0. The second-order valence-corrected chi connectivity index (χ2v) is 25.1. The van der Waals surface area contributed by atoms with E-state index in [1.807, 2.05) is 0 Å². The summed E-state index contributed by atoms with van der Waals surface area (Å²) < 4.78 is 351. The van der Waals surface area contributed by atoms with Crippen molar-refractivity contribution in [1.82, 2.24) is 58.5 Å². The van der Waals surface area contributed by atoms with Gasteiger partial charge in [-0.05, 0) is 272 Å². The van der Waals surface area contributed by atoms with E-state index in [1.165, 1.54) is 238 Å². The molecule has 33 N–H and O–H groups in total. The quantitative estimate of drug-likeness (QED) is 0.0195. The van der Waals surface area contributed by atoms with E-state index in [2.05, 4.69) is 26.6 Å². The minimum Gasteiger partial charge on any atom is -0.508 e. The van der Waals surface area contributed by atoms with Crippen LogP contribution >= 0.6 is 0 Å². The maximum Gasteiger partial charge on any atom is 0.115 e. The number of aliphatic hydroxyl groups is 11. The molecule has 4 unspecified atom stereocenters. The van der Waals surface area contributed by atoms with Gasteiger partial charge in [0.15, 0.2) is 0 Å². The van der Waals surface area contributed by atoms with Crippen LogP contribution in [0.1, 0.15) is 195 Å². The maximum absolute atomic E-state index is 9.87. The van der Waals surface area contributed by atoms with Crippen LogP contribution in [0.25, 0.3) is 0 Å². The average Bonchev–Trinajstić information content (AvgIpc) is 0.753. The van der Waals surface area contributed by atoms with Crippen LogP contribution in [0.15, 0.2) is 267 Å². The zero-order valence-corrected chi connectivity index (χ0v) is 70.3. The molecule has 0 aliphatic carbocycles. The van der Waals surface area contributed by atoms with Crippen molar-refractivity contribution in [3.05, 3.63) is 328 Å². The topological polar surface area (TPSA) is 577 Å². The lowest BCUT2D eigenvalue weighted by Gasteiger charge is -2.09. The van der Waals surface area contributed by atoms with Crippen LogP contribution < -0.4 is 58.5 Å². The van der Waals surface area contributed by atoms with Crippen molar-refractivity contribution in [2.75, 3.05) is 149 Å². The van der Waals surface area contributed by atoms with Crippen molar-refractivity contribution in [1.29, 1.82) is 0 Å². The number of phenols is 11. The Labute approximate surface area is 843 Å². The van der Waals surface area contributed by atoms with E-state index in [0.717, 1.165) is 24.3 Å². The highest BCUT2D eigenvalue weighted by Crippen LogP contribution is 2.26. The van der Waals surface area contributed by atoms with Gasteiger partial charge in [0.1, 0.15) is 63.2 Å². The average molecular weight is 1890 g/mol. The molecule has 11 aromatic rings. The second-order valence-electron chi connectivity index (χ2n) is 25.1. The van der Waals surface area contributed by atoms with Crippen molar-refractivity contribution >= 4 is 0 Å². The summed E-state index contributed by atoms with van der Waals surface area (Å²) in [5.41, 5.74) is 0.240. The van der Waals surface area contributed by atoms with Gasteiger partial charge in [0.25, 0.3) is 0 Å². The van der Waals surface area contributed by atoms with Crippen LogP contribution in [0.3, 0.4) is 0 Å². The molecule has 0 fully saturated rings. The normalized spacial score (nSPS) is 21.8. The molecule has 0 saturated heterocycles. The molecule has 132 heavy (non-hydrogen) atoms. The Morgan fingerprint density at radius 3 is 0.477 bits per heavy atom. The fourth-order valence-corrected chi connectivity index (χ4v) is 9.31. The Morgan fingerprint density at radius 1 is 0.189 bits per heavy atom. The van der Waals surface area contributed by atoms with E-state index in [4.69, 9.17) is 72.3 Å². The van der Waals surface area contributed by atoms with Crippen molar-refractivity contribution < 1.29 is 180 Å². The van der Waals surface area contributed by atoms with E-state index in [-0.39, 0.29) is 125 Å². The summed E-state index contributed by atoms with van der Waals surface area (Å²) in [6.07, 6.45) is -24.1. The number of hydrogen-bond donors (Lipinski definition) is 33. The molecule has 726 valence electrons. The molecule has 0 aliphatic rings. The fourth-order valence-electron chi connectivity index (χ4n) is 9.31. The Bertz CT molecular complexity index is 6490. The Balaban J connectivity index is 0.000000996. The first-order valence-corrected chi connectivity index (χ1v) is 37.6. The summed E-state index contributed by atoms with van der Waals surface area (Å²) in [4.78, 5) is 0. The first kappa shape index (κ1) is 59.8. The zero-order valence-electron chi connectivity index (χ0n) is 119.